The molecule has 1 N–H and O–H groups in total. The van der Waals surface area contributed by atoms with Crippen molar-refractivity contribution in [1.82, 2.24) is 19.9 Å². The molecule has 1 aliphatic heterocycles. The molecule has 1 aliphatic rings. The van der Waals surface area contributed by atoms with Crippen molar-refractivity contribution in [3.05, 3.63) is 35.8 Å². The average Bonchev–Trinajstić information content (AvgIpc) is 3.34. The first-order valence-electron chi connectivity index (χ1n) is 9.77. The summed E-state index contributed by atoms with van der Waals surface area (Å²) in [5.41, 5.74) is 0.588. The third-order valence-electron chi connectivity index (χ3n) is 4.62. The lowest BCUT2D eigenvalue weighted by Crippen LogP contribution is -2.43. The second-order valence-corrected chi connectivity index (χ2v) is 9.08. The zero-order valence-electron chi connectivity index (χ0n) is 17.3. The predicted molar refractivity (Wildman–Crippen MR) is 114 cm³/mol. The van der Waals surface area contributed by atoms with E-state index in [0.29, 0.717) is 22.9 Å². The van der Waals surface area contributed by atoms with Gasteiger partial charge in [0.2, 0.25) is 5.88 Å². The fourth-order valence-electron chi connectivity index (χ4n) is 3.32. The van der Waals surface area contributed by atoms with Crippen molar-refractivity contribution in [2.45, 2.75) is 44.9 Å². The van der Waals surface area contributed by atoms with Crippen LogP contribution >= 0.6 is 11.3 Å². The molecule has 0 aliphatic carbocycles. The number of hydrogen-bond donors (Lipinski definition) is 1. The van der Waals surface area contributed by atoms with Crippen molar-refractivity contribution < 1.29 is 24.2 Å². The van der Waals surface area contributed by atoms with Crippen molar-refractivity contribution in [2.75, 3.05) is 6.54 Å². The summed E-state index contributed by atoms with van der Waals surface area (Å²) in [6.07, 6.45) is 0.559. The van der Waals surface area contributed by atoms with Gasteiger partial charge in [0.15, 0.2) is 5.82 Å². The Morgan fingerprint density at radius 1 is 1.23 bits per heavy atom. The van der Waals surface area contributed by atoms with Crippen molar-refractivity contribution >= 4 is 33.6 Å². The number of fused-ring (bicyclic) bond motifs is 1. The highest BCUT2D eigenvalue weighted by Gasteiger charge is 2.43. The fourth-order valence-corrected chi connectivity index (χ4v) is 4.09. The van der Waals surface area contributed by atoms with E-state index in [-0.39, 0.29) is 13.0 Å². The smallest absolute Gasteiger partial charge is 0.411 e. The van der Waals surface area contributed by atoms with Crippen LogP contribution in [-0.4, -0.2) is 61.3 Å². The number of aliphatic carboxylic acids is 1. The first-order valence-corrected chi connectivity index (χ1v) is 10.6. The first-order chi connectivity index (χ1) is 14.7. The van der Waals surface area contributed by atoms with E-state index in [9.17, 15) is 14.7 Å². The summed E-state index contributed by atoms with van der Waals surface area (Å²) in [6, 6.07) is 6.29. The minimum absolute atomic E-state index is 0.0850. The Morgan fingerprint density at radius 3 is 2.71 bits per heavy atom. The first kappa shape index (κ1) is 21.0. The monoisotopic (exact) mass is 442 g/mol. The van der Waals surface area contributed by atoms with Crippen LogP contribution in [0, 0.1) is 0 Å². The SMILES string of the molecule is CC(C)(C)OC(=O)N1CC(Oc2nc(-c3ccccn3)nc3ccsc23)C[C@H]1C(=O)O. The van der Waals surface area contributed by atoms with Crippen molar-refractivity contribution in [3.63, 3.8) is 0 Å². The Balaban J connectivity index is 1.61. The van der Waals surface area contributed by atoms with E-state index >= 15 is 0 Å². The molecule has 0 bridgehead atoms. The second kappa shape index (κ2) is 8.10. The molecule has 4 rings (SSSR count). The van der Waals surface area contributed by atoms with Crippen LogP contribution in [0.25, 0.3) is 21.7 Å². The van der Waals surface area contributed by atoms with Gasteiger partial charge in [0.25, 0.3) is 0 Å². The summed E-state index contributed by atoms with van der Waals surface area (Å²) in [4.78, 5) is 38.9. The fraction of sp³-hybridized carbons (Fsp3) is 0.381. The maximum Gasteiger partial charge on any atom is 0.411 e. The molecule has 1 amide bonds. The van der Waals surface area contributed by atoms with Crippen LogP contribution in [0.4, 0.5) is 4.79 Å². The van der Waals surface area contributed by atoms with Gasteiger partial charge >= 0.3 is 12.1 Å². The molecule has 1 unspecified atom stereocenters. The molecule has 0 spiro atoms. The molecule has 1 fully saturated rings. The summed E-state index contributed by atoms with van der Waals surface area (Å²) in [5, 5.41) is 11.5. The number of carboxylic acid groups (broad SMARTS) is 1. The number of nitrogens with zero attached hydrogens (tertiary/aromatic N) is 4. The number of thiophene rings is 1. The van der Waals surface area contributed by atoms with Gasteiger partial charge in [0.05, 0.1) is 12.1 Å². The standard InChI is InChI=1S/C21H22N4O5S/c1-21(2,3)30-20(28)25-11-12(10-15(25)19(26)27)29-18-16-13(7-9-31-16)23-17(24-18)14-6-4-5-8-22-14/h4-9,12,15H,10-11H2,1-3H3,(H,26,27)/t12?,15-/m0/s1. The van der Waals surface area contributed by atoms with Crippen LogP contribution in [0.3, 0.4) is 0 Å². The van der Waals surface area contributed by atoms with E-state index in [2.05, 4.69) is 15.0 Å². The number of pyridine rings is 1. The minimum Gasteiger partial charge on any atom is -0.480 e. The maximum absolute atomic E-state index is 12.5. The highest BCUT2D eigenvalue weighted by molar-refractivity contribution is 7.17. The lowest BCUT2D eigenvalue weighted by molar-refractivity contribution is -0.142. The Kier molecular flexibility index (Phi) is 5.48. The number of likely N-dealkylation sites (tertiary alicyclic amines) is 1. The molecule has 9 nitrogen and oxygen atoms in total. The molecule has 1 saturated heterocycles. The third kappa shape index (κ3) is 4.58. The van der Waals surface area contributed by atoms with Gasteiger partial charge in [-0.05, 0) is 44.4 Å². The number of carbonyl (C=O) groups is 2. The zero-order chi connectivity index (χ0) is 22.2. The van der Waals surface area contributed by atoms with Crippen LogP contribution in [0.5, 0.6) is 5.88 Å². The number of ether oxygens (including phenoxy) is 2. The van der Waals surface area contributed by atoms with Crippen LogP contribution in [-0.2, 0) is 9.53 Å². The molecule has 4 heterocycles. The summed E-state index contributed by atoms with van der Waals surface area (Å²) < 4.78 is 12.2. The molecular formula is C21H22N4O5S. The quantitative estimate of drug-likeness (QED) is 0.652. The van der Waals surface area contributed by atoms with E-state index in [0.717, 1.165) is 4.70 Å². The van der Waals surface area contributed by atoms with Gasteiger partial charge in [-0.15, -0.1) is 11.3 Å². The number of hydrogen-bond acceptors (Lipinski definition) is 8. The highest BCUT2D eigenvalue weighted by atomic mass is 32.1. The van der Waals surface area contributed by atoms with Crippen molar-refractivity contribution in [1.29, 1.82) is 0 Å². The molecule has 0 saturated carbocycles. The summed E-state index contributed by atoms with van der Waals surface area (Å²) in [5.74, 6) is -0.339. The second-order valence-electron chi connectivity index (χ2n) is 8.16. The minimum atomic E-state index is -1.10. The maximum atomic E-state index is 12.5. The number of aromatic nitrogens is 3. The van der Waals surface area contributed by atoms with Gasteiger partial charge in [0, 0.05) is 12.6 Å². The van der Waals surface area contributed by atoms with Crippen LogP contribution in [0.1, 0.15) is 27.2 Å². The third-order valence-corrected chi connectivity index (χ3v) is 5.51. The van der Waals surface area contributed by atoms with Gasteiger partial charge in [-0.2, -0.15) is 4.98 Å². The van der Waals surface area contributed by atoms with Gasteiger partial charge in [0.1, 0.15) is 28.1 Å². The average molecular weight is 442 g/mol. The van der Waals surface area contributed by atoms with E-state index < -0.39 is 29.8 Å². The van der Waals surface area contributed by atoms with Crippen LogP contribution < -0.4 is 4.74 Å². The normalized spacial score (nSPS) is 18.9. The van der Waals surface area contributed by atoms with E-state index in [4.69, 9.17) is 9.47 Å². The predicted octanol–water partition coefficient (Wildman–Crippen LogP) is 3.59. The van der Waals surface area contributed by atoms with Crippen LogP contribution in [0.15, 0.2) is 35.8 Å². The number of rotatable bonds is 4. The summed E-state index contributed by atoms with van der Waals surface area (Å²) in [6.45, 7) is 5.29. The molecule has 3 aromatic heterocycles. The lowest BCUT2D eigenvalue weighted by atomic mass is 10.2. The lowest BCUT2D eigenvalue weighted by Gasteiger charge is -2.26. The Labute approximate surface area is 182 Å². The Bertz CT molecular complexity index is 1110. The molecule has 2 atom stereocenters. The molecular weight excluding hydrogens is 420 g/mol. The summed E-state index contributed by atoms with van der Waals surface area (Å²) >= 11 is 1.43. The Morgan fingerprint density at radius 2 is 2.03 bits per heavy atom. The van der Waals surface area contributed by atoms with E-state index in [1.807, 2.05) is 17.5 Å². The van der Waals surface area contributed by atoms with Crippen molar-refractivity contribution in [3.8, 4) is 17.4 Å². The van der Waals surface area contributed by atoms with E-state index in [1.165, 1.54) is 16.2 Å². The molecule has 31 heavy (non-hydrogen) atoms. The Hall–Kier alpha value is -3.27. The van der Waals surface area contributed by atoms with E-state index in [1.54, 1.807) is 39.1 Å². The summed E-state index contributed by atoms with van der Waals surface area (Å²) in [7, 11) is 0. The van der Waals surface area contributed by atoms with Crippen LogP contribution in [0.2, 0.25) is 0 Å². The topological polar surface area (TPSA) is 115 Å². The molecule has 3 aromatic rings. The number of amides is 1. The zero-order valence-corrected chi connectivity index (χ0v) is 18.1. The number of carbonyl (C=O) groups excluding carboxylic acids is 1. The molecule has 0 aromatic carbocycles. The number of carboxylic acids is 1. The molecule has 0 radical (unpaired) electrons. The molecule has 10 heteroatoms. The van der Waals surface area contributed by atoms with Gasteiger partial charge in [-0.25, -0.2) is 14.6 Å². The van der Waals surface area contributed by atoms with Crippen molar-refractivity contribution in [2.24, 2.45) is 0 Å². The molecule has 162 valence electrons. The van der Waals surface area contributed by atoms with Gasteiger partial charge in [-0.3, -0.25) is 9.88 Å². The highest BCUT2D eigenvalue weighted by Crippen LogP contribution is 2.33. The van der Waals surface area contributed by atoms with Gasteiger partial charge in [-0.1, -0.05) is 6.07 Å². The van der Waals surface area contributed by atoms with Gasteiger partial charge < -0.3 is 14.6 Å². The largest absolute Gasteiger partial charge is 0.480 e.